The van der Waals surface area contributed by atoms with Crippen LogP contribution in [0.5, 0.6) is 0 Å². The molecule has 0 amide bonds. The van der Waals surface area contributed by atoms with Gasteiger partial charge in [-0.3, -0.25) is 0 Å². The Balaban J connectivity index is 1.67. The topological polar surface area (TPSA) is 40.7 Å². The van der Waals surface area contributed by atoms with Crippen LogP contribution in [0.25, 0.3) is 11.3 Å². The van der Waals surface area contributed by atoms with Crippen molar-refractivity contribution >= 4 is 5.69 Å². The molecular weight excluding hydrogens is 253 g/mol. The van der Waals surface area contributed by atoms with Crippen LogP contribution in [0.2, 0.25) is 0 Å². The number of imidazole rings is 1. The molecule has 0 unspecified atom stereocenters. The quantitative estimate of drug-likeness (QED) is 0.754. The highest BCUT2D eigenvalue weighted by Gasteiger charge is 1.99. The van der Waals surface area contributed by atoms with Crippen molar-refractivity contribution in [3.8, 4) is 11.3 Å². The van der Waals surface area contributed by atoms with E-state index in [-0.39, 0.29) is 5.82 Å². The molecule has 2 N–H and O–H groups in total. The molecule has 4 heteroatoms. The Hall–Kier alpha value is -2.62. The van der Waals surface area contributed by atoms with Crippen molar-refractivity contribution in [3.63, 3.8) is 0 Å². The minimum absolute atomic E-state index is 0.209. The summed E-state index contributed by atoms with van der Waals surface area (Å²) in [4.78, 5) is 7.06. The van der Waals surface area contributed by atoms with Gasteiger partial charge in [0.05, 0.1) is 18.2 Å². The van der Waals surface area contributed by atoms with Crippen LogP contribution in [-0.4, -0.2) is 9.97 Å². The van der Waals surface area contributed by atoms with Crippen LogP contribution in [0.4, 0.5) is 10.1 Å². The zero-order valence-corrected chi connectivity index (χ0v) is 10.8. The number of halogens is 1. The largest absolute Gasteiger partial charge is 0.381 e. The standard InChI is InChI=1S/C16H14FN3/c17-14-3-1-2-12(8-14)9-19-15-6-4-13(5-7-15)16-10-18-11-20-16/h1-8,10-11,19H,9H2,(H,18,20). The van der Waals surface area contributed by atoms with E-state index in [1.165, 1.54) is 12.1 Å². The molecule has 0 saturated carbocycles. The van der Waals surface area contributed by atoms with Gasteiger partial charge in [0, 0.05) is 12.2 Å². The fourth-order valence-corrected chi connectivity index (χ4v) is 2.03. The van der Waals surface area contributed by atoms with Crippen LogP contribution in [0, 0.1) is 5.82 Å². The summed E-state index contributed by atoms with van der Waals surface area (Å²) in [6, 6.07) is 14.6. The highest BCUT2D eigenvalue weighted by Crippen LogP contribution is 2.19. The molecule has 0 bridgehead atoms. The molecule has 0 atom stereocenters. The van der Waals surface area contributed by atoms with Crippen molar-refractivity contribution < 1.29 is 4.39 Å². The summed E-state index contributed by atoms with van der Waals surface area (Å²) in [5.74, 6) is -0.209. The molecule has 3 nitrogen and oxygen atoms in total. The first-order chi connectivity index (χ1) is 9.81. The predicted octanol–water partition coefficient (Wildman–Crippen LogP) is 3.83. The first-order valence-electron chi connectivity index (χ1n) is 6.38. The van der Waals surface area contributed by atoms with Gasteiger partial charge in [-0.1, -0.05) is 24.3 Å². The Kier molecular flexibility index (Phi) is 3.46. The van der Waals surface area contributed by atoms with Crippen molar-refractivity contribution in [2.45, 2.75) is 6.54 Å². The molecule has 0 aliphatic heterocycles. The van der Waals surface area contributed by atoms with Gasteiger partial charge in [-0.2, -0.15) is 0 Å². The molecule has 2 aromatic carbocycles. The molecule has 0 aliphatic rings. The highest BCUT2D eigenvalue weighted by atomic mass is 19.1. The van der Waals surface area contributed by atoms with E-state index in [0.717, 1.165) is 22.5 Å². The van der Waals surface area contributed by atoms with Crippen molar-refractivity contribution in [2.75, 3.05) is 5.32 Å². The molecule has 0 spiro atoms. The van der Waals surface area contributed by atoms with Crippen molar-refractivity contribution in [1.29, 1.82) is 0 Å². The highest BCUT2D eigenvalue weighted by molar-refractivity contribution is 5.61. The van der Waals surface area contributed by atoms with Gasteiger partial charge in [0.1, 0.15) is 5.82 Å². The van der Waals surface area contributed by atoms with Crippen molar-refractivity contribution in [2.24, 2.45) is 0 Å². The Morgan fingerprint density at radius 3 is 2.65 bits per heavy atom. The van der Waals surface area contributed by atoms with Gasteiger partial charge in [0.15, 0.2) is 0 Å². The Morgan fingerprint density at radius 2 is 1.95 bits per heavy atom. The van der Waals surface area contributed by atoms with E-state index in [1.54, 1.807) is 18.6 Å². The van der Waals surface area contributed by atoms with Gasteiger partial charge in [-0.05, 0) is 35.4 Å². The monoisotopic (exact) mass is 267 g/mol. The second-order valence-corrected chi connectivity index (χ2v) is 4.53. The molecule has 0 saturated heterocycles. The zero-order chi connectivity index (χ0) is 13.8. The van der Waals surface area contributed by atoms with Gasteiger partial charge < -0.3 is 10.3 Å². The minimum Gasteiger partial charge on any atom is -0.381 e. The van der Waals surface area contributed by atoms with Gasteiger partial charge >= 0.3 is 0 Å². The van der Waals surface area contributed by atoms with E-state index in [2.05, 4.69) is 15.3 Å². The summed E-state index contributed by atoms with van der Waals surface area (Å²) in [6.45, 7) is 0.598. The molecule has 0 fully saturated rings. The molecule has 1 aromatic heterocycles. The summed E-state index contributed by atoms with van der Waals surface area (Å²) in [5, 5.41) is 3.27. The Morgan fingerprint density at radius 1 is 1.10 bits per heavy atom. The lowest BCUT2D eigenvalue weighted by Gasteiger charge is -2.07. The van der Waals surface area contributed by atoms with Crippen LogP contribution in [0.3, 0.4) is 0 Å². The number of rotatable bonds is 4. The molecule has 0 radical (unpaired) electrons. The summed E-state index contributed by atoms with van der Waals surface area (Å²) in [6.07, 6.45) is 3.45. The molecule has 3 rings (SSSR count). The van der Waals surface area contributed by atoms with E-state index in [1.807, 2.05) is 30.3 Å². The fourth-order valence-electron chi connectivity index (χ4n) is 2.03. The minimum atomic E-state index is -0.209. The van der Waals surface area contributed by atoms with Crippen LogP contribution in [0.15, 0.2) is 61.1 Å². The average molecular weight is 267 g/mol. The summed E-state index contributed by atoms with van der Waals surface area (Å²) < 4.78 is 13.1. The number of nitrogens with zero attached hydrogens (tertiary/aromatic N) is 1. The van der Waals surface area contributed by atoms with Crippen molar-refractivity contribution in [1.82, 2.24) is 9.97 Å². The number of anilines is 1. The lowest BCUT2D eigenvalue weighted by molar-refractivity contribution is 0.626. The first kappa shape index (κ1) is 12.4. The Labute approximate surface area is 116 Å². The maximum Gasteiger partial charge on any atom is 0.123 e. The van der Waals surface area contributed by atoms with Crippen LogP contribution >= 0.6 is 0 Å². The maximum atomic E-state index is 13.1. The van der Waals surface area contributed by atoms with Gasteiger partial charge in [-0.15, -0.1) is 0 Å². The number of H-pyrrole nitrogens is 1. The third kappa shape index (κ3) is 2.85. The fraction of sp³-hybridized carbons (Fsp3) is 0.0625. The number of hydrogen-bond donors (Lipinski definition) is 2. The average Bonchev–Trinajstić information content (AvgIpc) is 3.00. The number of aromatic nitrogens is 2. The van der Waals surface area contributed by atoms with E-state index < -0.39 is 0 Å². The van der Waals surface area contributed by atoms with E-state index >= 15 is 0 Å². The zero-order valence-electron chi connectivity index (χ0n) is 10.8. The Bertz CT molecular complexity index is 675. The second kappa shape index (κ2) is 5.57. The predicted molar refractivity (Wildman–Crippen MR) is 77.8 cm³/mol. The number of benzene rings is 2. The van der Waals surface area contributed by atoms with Gasteiger partial charge in [0.2, 0.25) is 0 Å². The van der Waals surface area contributed by atoms with E-state index in [4.69, 9.17) is 0 Å². The van der Waals surface area contributed by atoms with Gasteiger partial charge in [-0.25, -0.2) is 9.37 Å². The van der Waals surface area contributed by atoms with Crippen LogP contribution < -0.4 is 5.32 Å². The van der Waals surface area contributed by atoms with E-state index in [9.17, 15) is 4.39 Å². The second-order valence-electron chi connectivity index (χ2n) is 4.53. The van der Waals surface area contributed by atoms with Gasteiger partial charge in [0.25, 0.3) is 0 Å². The van der Waals surface area contributed by atoms with E-state index in [0.29, 0.717) is 6.54 Å². The maximum absolute atomic E-state index is 13.1. The third-order valence-electron chi connectivity index (χ3n) is 3.08. The molecule has 1 heterocycles. The molecule has 20 heavy (non-hydrogen) atoms. The number of aromatic amines is 1. The SMILES string of the molecule is Fc1cccc(CNc2ccc(-c3cnc[nH]3)cc2)c1. The van der Waals surface area contributed by atoms with Crippen LogP contribution in [0.1, 0.15) is 5.56 Å². The molecule has 3 aromatic rings. The summed E-state index contributed by atoms with van der Waals surface area (Å²) in [5.41, 5.74) is 3.99. The first-order valence-corrected chi connectivity index (χ1v) is 6.38. The van der Waals surface area contributed by atoms with Crippen molar-refractivity contribution in [3.05, 3.63) is 72.4 Å². The molecule has 100 valence electrons. The number of hydrogen-bond acceptors (Lipinski definition) is 2. The lowest BCUT2D eigenvalue weighted by Crippen LogP contribution is -1.99. The summed E-state index contributed by atoms with van der Waals surface area (Å²) in [7, 11) is 0. The molecule has 0 aliphatic carbocycles. The third-order valence-corrected chi connectivity index (χ3v) is 3.08. The smallest absolute Gasteiger partial charge is 0.123 e. The lowest BCUT2D eigenvalue weighted by atomic mass is 10.1. The molecular formula is C16H14FN3. The normalized spacial score (nSPS) is 10.4. The number of nitrogens with one attached hydrogen (secondary N) is 2. The summed E-state index contributed by atoms with van der Waals surface area (Å²) >= 11 is 0. The van der Waals surface area contributed by atoms with Crippen LogP contribution in [-0.2, 0) is 6.54 Å².